The number of amides is 1. The van der Waals surface area contributed by atoms with Crippen LogP contribution in [0.5, 0.6) is 0 Å². The molecule has 0 unspecified atom stereocenters. The standard InChI is InChI=1S/C20H16BrN5OS/c1-12-3-9-16(10-4-12)23-24-18-13(2)25-26(19(18)27)20-22-17(11-28-20)14-5-7-15(21)8-6-14/h3-11,18H,1-2H3/t18-/m0/s1. The van der Waals surface area contributed by atoms with E-state index in [1.54, 1.807) is 6.92 Å². The fourth-order valence-corrected chi connectivity index (χ4v) is 3.73. The van der Waals surface area contributed by atoms with E-state index in [-0.39, 0.29) is 5.91 Å². The molecule has 0 radical (unpaired) electrons. The van der Waals surface area contributed by atoms with Gasteiger partial charge in [-0.3, -0.25) is 4.79 Å². The minimum atomic E-state index is -0.721. The number of azo groups is 1. The Morgan fingerprint density at radius 2 is 1.79 bits per heavy atom. The summed E-state index contributed by atoms with van der Waals surface area (Å²) >= 11 is 4.80. The van der Waals surface area contributed by atoms with Crippen molar-refractivity contribution >= 4 is 49.7 Å². The molecule has 0 N–H and O–H groups in total. The van der Waals surface area contributed by atoms with Gasteiger partial charge in [0.1, 0.15) is 0 Å². The number of anilines is 1. The summed E-state index contributed by atoms with van der Waals surface area (Å²) in [4.78, 5) is 17.4. The van der Waals surface area contributed by atoms with Crippen LogP contribution in [0.25, 0.3) is 11.3 Å². The van der Waals surface area contributed by atoms with Crippen LogP contribution in [0, 0.1) is 6.92 Å². The number of hydrogen-bond donors (Lipinski definition) is 0. The first-order chi connectivity index (χ1) is 13.5. The molecule has 140 valence electrons. The maximum absolute atomic E-state index is 12.8. The van der Waals surface area contributed by atoms with Crippen LogP contribution in [-0.2, 0) is 4.79 Å². The Bertz CT molecular complexity index is 1070. The van der Waals surface area contributed by atoms with Crippen LogP contribution in [0.3, 0.4) is 0 Å². The average Bonchev–Trinajstić information content (AvgIpc) is 3.27. The zero-order chi connectivity index (χ0) is 19.7. The van der Waals surface area contributed by atoms with Crippen molar-refractivity contribution in [2.45, 2.75) is 19.9 Å². The van der Waals surface area contributed by atoms with Gasteiger partial charge in [0.2, 0.25) is 5.13 Å². The van der Waals surface area contributed by atoms with Crippen molar-refractivity contribution in [1.29, 1.82) is 0 Å². The van der Waals surface area contributed by atoms with Gasteiger partial charge in [0.15, 0.2) is 6.04 Å². The summed E-state index contributed by atoms with van der Waals surface area (Å²) in [6.45, 7) is 3.78. The summed E-state index contributed by atoms with van der Waals surface area (Å²) < 4.78 is 1.00. The Kier molecular flexibility index (Phi) is 5.15. The zero-order valence-corrected chi connectivity index (χ0v) is 17.6. The van der Waals surface area contributed by atoms with Crippen LogP contribution in [0.4, 0.5) is 10.8 Å². The topological polar surface area (TPSA) is 70.3 Å². The molecule has 2 heterocycles. The number of carbonyl (C=O) groups is 1. The van der Waals surface area contributed by atoms with E-state index in [1.807, 2.05) is 60.8 Å². The van der Waals surface area contributed by atoms with Gasteiger partial charge >= 0.3 is 0 Å². The van der Waals surface area contributed by atoms with Crippen LogP contribution in [0.15, 0.2) is 73.7 Å². The van der Waals surface area contributed by atoms with Crippen LogP contribution < -0.4 is 5.01 Å². The number of rotatable bonds is 4. The van der Waals surface area contributed by atoms with Gasteiger partial charge in [-0.1, -0.05) is 45.8 Å². The largest absolute Gasteiger partial charge is 0.282 e. The molecule has 3 aromatic rings. The number of thiazole rings is 1. The fourth-order valence-electron chi connectivity index (χ4n) is 2.68. The van der Waals surface area contributed by atoms with Crippen molar-refractivity contribution in [3.05, 3.63) is 63.9 Å². The second kappa shape index (κ2) is 7.73. The van der Waals surface area contributed by atoms with Gasteiger partial charge in [0.05, 0.1) is 17.1 Å². The third kappa shape index (κ3) is 3.79. The molecule has 0 fully saturated rings. The second-order valence-electron chi connectivity index (χ2n) is 6.37. The van der Waals surface area contributed by atoms with E-state index < -0.39 is 6.04 Å². The summed E-state index contributed by atoms with van der Waals surface area (Å²) in [5, 5.41) is 16.5. The fraction of sp³-hybridized carbons (Fsp3) is 0.150. The van der Waals surface area contributed by atoms with E-state index in [1.165, 1.54) is 16.3 Å². The molecule has 0 aliphatic carbocycles. The van der Waals surface area contributed by atoms with E-state index in [0.29, 0.717) is 16.5 Å². The molecule has 1 atom stereocenters. The van der Waals surface area contributed by atoms with Gasteiger partial charge in [0.25, 0.3) is 5.91 Å². The number of benzene rings is 2. The lowest BCUT2D eigenvalue weighted by molar-refractivity contribution is -0.117. The van der Waals surface area contributed by atoms with Crippen molar-refractivity contribution in [3.63, 3.8) is 0 Å². The first kappa shape index (κ1) is 18.6. The summed E-state index contributed by atoms with van der Waals surface area (Å²) in [5.41, 5.74) is 4.23. The quantitative estimate of drug-likeness (QED) is 0.471. The predicted octanol–water partition coefficient (Wildman–Crippen LogP) is 5.76. The minimum absolute atomic E-state index is 0.245. The van der Waals surface area contributed by atoms with Crippen LogP contribution in [-0.4, -0.2) is 22.6 Å². The Morgan fingerprint density at radius 3 is 2.50 bits per heavy atom. The van der Waals surface area contributed by atoms with Crippen molar-refractivity contribution in [1.82, 2.24) is 4.98 Å². The van der Waals surface area contributed by atoms with Crippen LogP contribution >= 0.6 is 27.3 Å². The van der Waals surface area contributed by atoms with Crippen molar-refractivity contribution < 1.29 is 4.79 Å². The summed E-state index contributed by atoms with van der Waals surface area (Å²) in [5.74, 6) is -0.245. The highest BCUT2D eigenvalue weighted by atomic mass is 79.9. The molecule has 1 aliphatic heterocycles. The molecule has 4 rings (SSSR count). The molecule has 6 nitrogen and oxygen atoms in total. The average molecular weight is 454 g/mol. The van der Waals surface area contributed by atoms with E-state index >= 15 is 0 Å². The summed E-state index contributed by atoms with van der Waals surface area (Å²) in [7, 11) is 0. The molecule has 1 aromatic heterocycles. The molecule has 0 spiro atoms. The Labute approximate surface area is 174 Å². The second-order valence-corrected chi connectivity index (χ2v) is 8.12. The normalized spacial score (nSPS) is 16.8. The molecule has 8 heteroatoms. The summed E-state index contributed by atoms with van der Waals surface area (Å²) in [6.07, 6.45) is 0. The smallest absolute Gasteiger partial charge is 0.269 e. The maximum atomic E-state index is 12.8. The molecular weight excluding hydrogens is 438 g/mol. The highest BCUT2D eigenvalue weighted by Crippen LogP contribution is 2.31. The number of halogens is 1. The number of aromatic nitrogens is 1. The van der Waals surface area contributed by atoms with Crippen molar-refractivity contribution in [3.8, 4) is 11.3 Å². The van der Waals surface area contributed by atoms with Gasteiger partial charge in [0, 0.05) is 15.4 Å². The maximum Gasteiger partial charge on any atom is 0.282 e. The molecule has 0 bridgehead atoms. The lowest BCUT2D eigenvalue weighted by Gasteiger charge is -2.08. The highest BCUT2D eigenvalue weighted by Gasteiger charge is 2.36. The zero-order valence-electron chi connectivity index (χ0n) is 15.2. The molecule has 1 aliphatic rings. The number of hydrazone groups is 1. The molecule has 28 heavy (non-hydrogen) atoms. The molecular formula is C20H16BrN5OS. The molecule has 2 aromatic carbocycles. The van der Waals surface area contributed by atoms with Gasteiger partial charge in [-0.25, -0.2) is 4.98 Å². The van der Waals surface area contributed by atoms with E-state index in [0.717, 1.165) is 21.3 Å². The van der Waals surface area contributed by atoms with Crippen molar-refractivity contribution in [2.24, 2.45) is 15.3 Å². The number of aryl methyl sites for hydroxylation is 1. The van der Waals surface area contributed by atoms with Gasteiger partial charge < -0.3 is 0 Å². The van der Waals surface area contributed by atoms with E-state index in [4.69, 9.17) is 0 Å². The first-order valence-electron chi connectivity index (χ1n) is 8.59. The number of nitrogens with zero attached hydrogens (tertiary/aromatic N) is 5. The van der Waals surface area contributed by atoms with Gasteiger partial charge in [-0.05, 0) is 38.1 Å². The molecule has 0 saturated carbocycles. The Morgan fingerprint density at radius 1 is 1.07 bits per heavy atom. The number of hydrogen-bond acceptors (Lipinski definition) is 6. The SMILES string of the molecule is CC1=NN(c2nc(-c3ccc(Br)cc3)cs2)C(=O)[C@H]1N=Nc1ccc(C)cc1. The summed E-state index contributed by atoms with van der Waals surface area (Å²) in [6, 6.07) is 14.8. The van der Waals surface area contributed by atoms with Gasteiger partial charge in [-0.15, -0.1) is 11.3 Å². The third-order valence-electron chi connectivity index (χ3n) is 4.23. The first-order valence-corrected chi connectivity index (χ1v) is 10.3. The van der Waals surface area contributed by atoms with Crippen LogP contribution in [0.2, 0.25) is 0 Å². The van der Waals surface area contributed by atoms with E-state index in [9.17, 15) is 4.79 Å². The van der Waals surface area contributed by atoms with Gasteiger partial charge in [-0.2, -0.15) is 20.3 Å². The number of carbonyl (C=O) groups excluding carboxylic acids is 1. The van der Waals surface area contributed by atoms with Crippen molar-refractivity contribution in [2.75, 3.05) is 5.01 Å². The lowest BCUT2D eigenvalue weighted by atomic mass is 10.2. The van der Waals surface area contributed by atoms with E-state index in [2.05, 4.69) is 36.2 Å². The third-order valence-corrected chi connectivity index (χ3v) is 5.58. The van der Waals surface area contributed by atoms with Crippen LogP contribution in [0.1, 0.15) is 12.5 Å². The lowest BCUT2D eigenvalue weighted by Crippen LogP contribution is -2.29. The molecule has 1 amide bonds. The Balaban J connectivity index is 1.53. The predicted molar refractivity (Wildman–Crippen MR) is 115 cm³/mol. The Hall–Kier alpha value is -2.71. The highest BCUT2D eigenvalue weighted by molar-refractivity contribution is 9.10. The minimum Gasteiger partial charge on any atom is -0.269 e. The monoisotopic (exact) mass is 453 g/mol. The molecule has 0 saturated heterocycles.